The van der Waals surface area contributed by atoms with Crippen LogP contribution >= 0.6 is 0 Å². The highest BCUT2D eigenvalue weighted by atomic mass is 16.6. The van der Waals surface area contributed by atoms with Gasteiger partial charge in [0, 0.05) is 6.61 Å². The van der Waals surface area contributed by atoms with Gasteiger partial charge in [0.15, 0.2) is 0 Å². The number of hydrogen-bond acceptors (Lipinski definition) is 4. The van der Waals surface area contributed by atoms with Crippen LogP contribution in [0.4, 0.5) is 0 Å². The molecule has 0 aliphatic heterocycles. The maximum Gasteiger partial charge on any atom is 0.307 e. The molecule has 14 heavy (non-hydrogen) atoms. The standard InChI is InChI=1S/C10H20O4/c1-9(2,6-11)5-8(13)14-10(3,4)7-12/h11-12H,5-7H2,1-4H3. The van der Waals surface area contributed by atoms with Crippen LogP contribution in [0, 0.1) is 5.41 Å². The lowest BCUT2D eigenvalue weighted by atomic mass is 9.91. The Kier molecular flexibility index (Phi) is 4.55. The zero-order chi connectivity index (χ0) is 11.4. The number of rotatable bonds is 5. The van der Waals surface area contributed by atoms with Crippen LogP contribution in [0.5, 0.6) is 0 Å². The number of carbonyl (C=O) groups excluding carboxylic acids is 1. The lowest BCUT2D eigenvalue weighted by Crippen LogP contribution is -2.34. The number of hydrogen-bond donors (Lipinski definition) is 2. The van der Waals surface area contributed by atoms with E-state index in [1.165, 1.54) is 0 Å². The summed E-state index contributed by atoms with van der Waals surface area (Å²) in [6, 6.07) is 0. The first kappa shape index (κ1) is 13.4. The number of carbonyl (C=O) groups is 1. The van der Waals surface area contributed by atoms with Gasteiger partial charge in [-0.3, -0.25) is 4.79 Å². The zero-order valence-electron chi connectivity index (χ0n) is 9.33. The van der Waals surface area contributed by atoms with Gasteiger partial charge < -0.3 is 14.9 Å². The van der Waals surface area contributed by atoms with E-state index in [1.807, 2.05) is 0 Å². The molecule has 0 aliphatic carbocycles. The summed E-state index contributed by atoms with van der Waals surface area (Å²) in [5.74, 6) is -0.400. The third kappa shape index (κ3) is 5.19. The molecule has 0 fully saturated rings. The van der Waals surface area contributed by atoms with Crippen molar-refractivity contribution >= 4 is 5.97 Å². The van der Waals surface area contributed by atoms with Gasteiger partial charge in [0.1, 0.15) is 5.60 Å². The third-order valence-corrected chi connectivity index (χ3v) is 1.82. The Morgan fingerprint density at radius 1 is 1.14 bits per heavy atom. The summed E-state index contributed by atoms with van der Waals surface area (Å²) < 4.78 is 5.02. The number of ether oxygens (including phenoxy) is 1. The molecule has 0 aliphatic rings. The molecule has 0 aromatic heterocycles. The fraction of sp³-hybridized carbons (Fsp3) is 0.900. The Hall–Kier alpha value is -0.610. The molecule has 0 aromatic carbocycles. The van der Waals surface area contributed by atoms with Crippen LogP contribution in [0.1, 0.15) is 34.1 Å². The lowest BCUT2D eigenvalue weighted by Gasteiger charge is -2.26. The Bertz CT molecular complexity index is 176. The lowest BCUT2D eigenvalue weighted by molar-refractivity contribution is -0.162. The quantitative estimate of drug-likeness (QED) is 0.647. The van der Waals surface area contributed by atoms with Crippen LogP contribution in [-0.4, -0.2) is 35.0 Å². The third-order valence-electron chi connectivity index (χ3n) is 1.82. The van der Waals surface area contributed by atoms with Gasteiger partial charge in [-0.05, 0) is 19.3 Å². The fourth-order valence-corrected chi connectivity index (χ4v) is 0.823. The molecule has 0 saturated carbocycles. The monoisotopic (exact) mass is 204 g/mol. The summed E-state index contributed by atoms with van der Waals surface area (Å²) in [5, 5.41) is 17.8. The van der Waals surface area contributed by atoms with Crippen LogP contribution in [0.2, 0.25) is 0 Å². The Balaban J connectivity index is 4.12. The molecular weight excluding hydrogens is 184 g/mol. The number of aliphatic hydroxyl groups is 2. The van der Waals surface area contributed by atoms with E-state index in [0.29, 0.717) is 0 Å². The SMILES string of the molecule is CC(C)(CO)CC(=O)OC(C)(C)CO. The van der Waals surface area contributed by atoms with E-state index in [9.17, 15) is 4.79 Å². The van der Waals surface area contributed by atoms with E-state index < -0.39 is 17.0 Å². The van der Waals surface area contributed by atoms with Gasteiger partial charge in [-0.2, -0.15) is 0 Å². The summed E-state index contributed by atoms with van der Waals surface area (Å²) in [6.45, 7) is 6.55. The Morgan fingerprint density at radius 3 is 2.00 bits per heavy atom. The summed E-state index contributed by atoms with van der Waals surface area (Å²) >= 11 is 0. The molecule has 0 aromatic rings. The highest BCUT2D eigenvalue weighted by molar-refractivity contribution is 5.70. The summed E-state index contributed by atoms with van der Waals surface area (Å²) in [7, 11) is 0. The zero-order valence-corrected chi connectivity index (χ0v) is 9.33. The van der Waals surface area contributed by atoms with E-state index in [1.54, 1.807) is 27.7 Å². The molecule has 0 amide bonds. The first-order valence-corrected chi connectivity index (χ1v) is 4.66. The van der Waals surface area contributed by atoms with Crippen molar-refractivity contribution in [1.29, 1.82) is 0 Å². The van der Waals surface area contributed by atoms with Crippen LogP contribution in [0.3, 0.4) is 0 Å². The maximum atomic E-state index is 11.3. The predicted molar refractivity (Wildman–Crippen MR) is 52.7 cm³/mol. The molecule has 4 nitrogen and oxygen atoms in total. The molecule has 84 valence electrons. The van der Waals surface area contributed by atoms with Gasteiger partial charge in [-0.25, -0.2) is 0 Å². The molecule has 0 atom stereocenters. The van der Waals surface area contributed by atoms with Crippen molar-refractivity contribution in [3.05, 3.63) is 0 Å². The Labute approximate surface area is 84.9 Å². The van der Waals surface area contributed by atoms with Gasteiger partial charge in [0.05, 0.1) is 13.0 Å². The van der Waals surface area contributed by atoms with Gasteiger partial charge in [0.25, 0.3) is 0 Å². The first-order valence-electron chi connectivity index (χ1n) is 4.66. The van der Waals surface area contributed by atoms with Crippen molar-refractivity contribution in [2.24, 2.45) is 5.41 Å². The minimum atomic E-state index is -0.845. The van der Waals surface area contributed by atoms with Crippen LogP contribution in [0.15, 0.2) is 0 Å². The summed E-state index contributed by atoms with van der Waals surface area (Å²) in [5.41, 5.74) is -1.31. The maximum absolute atomic E-state index is 11.3. The molecule has 0 unspecified atom stereocenters. The van der Waals surface area contributed by atoms with Gasteiger partial charge in [0.2, 0.25) is 0 Å². The van der Waals surface area contributed by atoms with E-state index >= 15 is 0 Å². The number of aliphatic hydroxyl groups excluding tert-OH is 2. The molecular formula is C10H20O4. The second-order valence-corrected chi connectivity index (χ2v) is 4.89. The molecule has 2 N–H and O–H groups in total. The van der Waals surface area contributed by atoms with E-state index in [-0.39, 0.29) is 19.6 Å². The van der Waals surface area contributed by atoms with Crippen molar-refractivity contribution < 1.29 is 19.7 Å². The Morgan fingerprint density at radius 2 is 1.64 bits per heavy atom. The second-order valence-electron chi connectivity index (χ2n) is 4.89. The summed E-state index contributed by atoms with van der Waals surface area (Å²) in [6.07, 6.45) is 0.146. The average Bonchev–Trinajstić information content (AvgIpc) is 2.02. The fourth-order valence-electron chi connectivity index (χ4n) is 0.823. The predicted octanol–water partition coefficient (Wildman–Crippen LogP) is 0.709. The highest BCUT2D eigenvalue weighted by Gasteiger charge is 2.27. The van der Waals surface area contributed by atoms with Gasteiger partial charge in [-0.1, -0.05) is 13.8 Å². The molecule has 0 heterocycles. The highest BCUT2D eigenvalue weighted by Crippen LogP contribution is 2.21. The van der Waals surface area contributed by atoms with Crippen LogP contribution in [0.25, 0.3) is 0 Å². The van der Waals surface area contributed by atoms with Gasteiger partial charge >= 0.3 is 5.97 Å². The first-order chi connectivity index (χ1) is 6.22. The summed E-state index contributed by atoms with van der Waals surface area (Å²) in [4.78, 5) is 11.3. The molecule has 0 spiro atoms. The molecule has 0 bridgehead atoms. The second kappa shape index (κ2) is 4.75. The largest absolute Gasteiger partial charge is 0.457 e. The van der Waals surface area contributed by atoms with E-state index in [0.717, 1.165) is 0 Å². The van der Waals surface area contributed by atoms with E-state index in [4.69, 9.17) is 14.9 Å². The van der Waals surface area contributed by atoms with Crippen LogP contribution in [-0.2, 0) is 9.53 Å². The van der Waals surface area contributed by atoms with Crippen LogP contribution < -0.4 is 0 Å². The number of esters is 1. The normalized spacial score (nSPS) is 12.7. The molecule has 4 heteroatoms. The minimum Gasteiger partial charge on any atom is -0.457 e. The minimum absolute atomic E-state index is 0.0678. The smallest absolute Gasteiger partial charge is 0.307 e. The van der Waals surface area contributed by atoms with E-state index in [2.05, 4.69) is 0 Å². The van der Waals surface area contributed by atoms with Crippen molar-refractivity contribution in [2.45, 2.75) is 39.7 Å². The molecule has 0 radical (unpaired) electrons. The topological polar surface area (TPSA) is 66.8 Å². The van der Waals surface area contributed by atoms with Gasteiger partial charge in [-0.15, -0.1) is 0 Å². The van der Waals surface area contributed by atoms with Crippen molar-refractivity contribution in [3.8, 4) is 0 Å². The van der Waals surface area contributed by atoms with Crippen molar-refractivity contribution in [1.82, 2.24) is 0 Å². The molecule has 0 rings (SSSR count). The molecule has 0 saturated heterocycles. The van der Waals surface area contributed by atoms with Crippen molar-refractivity contribution in [2.75, 3.05) is 13.2 Å². The average molecular weight is 204 g/mol. The van der Waals surface area contributed by atoms with Crippen molar-refractivity contribution in [3.63, 3.8) is 0 Å².